The van der Waals surface area contributed by atoms with Crippen LogP contribution in [0.1, 0.15) is 63.3 Å². The van der Waals surface area contributed by atoms with Gasteiger partial charge in [0.2, 0.25) is 0 Å². The van der Waals surface area contributed by atoms with E-state index >= 15 is 0 Å². The summed E-state index contributed by atoms with van der Waals surface area (Å²) >= 11 is -2.11. The van der Waals surface area contributed by atoms with E-state index in [4.69, 9.17) is 24.1 Å². The first kappa shape index (κ1) is 35.7. The number of non-ortho nitro benzene ring substituents is 1. The molecule has 0 saturated carbocycles. The second-order valence-corrected chi connectivity index (χ2v) is 18.5. The molecule has 0 unspecified atom stereocenters. The van der Waals surface area contributed by atoms with Crippen LogP contribution in [0.5, 0.6) is 11.5 Å². The van der Waals surface area contributed by atoms with E-state index in [-0.39, 0.29) is 16.6 Å². The molecule has 0 N–H and O–H groups in total. The standard InChI is InChI=1S/C27H32N.C13H9NO3.2ClH.Ru/c1-6-20-13-10-14-21(7-2)25(20)28-19-27(5,18-26(28,3)4)24-17-11-15-22-12-8-9-16-23(22)24;1-10-9-11(14(15)16)7-8-13(10)17-12-5-3-2-4-6-12;;;/h8-17,19H,6-7,18H2,1-5H3;1-9H;2*1H;/q-1;;;;+2/p-2/t27-;;;;/m0..../s1. The summed E-state index contributed by atoms with van der Waals surface area (Å²) in [6.45, 7) is 14.3. The number of ether oxygens (including phenoxy) is 1. The third-order valence-electron chi connectivity index (χ3n) is 8.84. The van der Waals surface area contributed by atoms with Gasteiger partial charge in [-0.2, -0.15) is 0 Å². The molecule has 1 atom stereocenters. The molecule has 0 radical (unpaired) electrons. The van der Waals surface area contributed by atoms with Crippen molar-refractivity contribution in [3.05, 3.63) is 148 Å². The number of para-hydroxylation sites is 2. The average molecular weight is 770 g/mol. The molecule has 5 aromatic rings. The van der Waals surface area contributed by atoms with Crippen molar-refractivity contribution in [1.82, 2.24) is 0 Å². The van der Waals surface area contributed by atoms with E-state index in [2.05, 4.69) is 107 Å². The molecule has 5 nitrogen and oxygen atoms in total. The minimum absolute atomic E-state index is 0.0101. The fourth-order valence-electron chi connectivity index (χ4n) is 6.79. The number of anilines is 1. The van der Waals surface area contributed by atoms with Crippen molar-refractivity contribution in [2.24, 2.45) is 0 Å². The maximum absolute atomic E-state index is 10.8. The Morgan fingerprint density at radius 1 is 0.875 bits per heavy atom. The Morgan fingerprint density at radius 2 is 1.50 bits per heavy atom. The van der Waals surface area contributed by atoms with Gasteiger partial charge in [-0.1, -0.05) is 87.0 Å². The molecular formula is C40H41Cl2N2O3Ru-. The second kappa shape index (κ2) is 15.3. The van der Waals surface area contributed by atoms with Crippen LogP contribution in [0.2, 0.25) is 0 Å². The predicted octanol–water partition coefficient (Wildman–Crippen LogP) is 11.5. The topological polar surface area (TPSA) is 55.6 Å². The minimum atomic E-state index is -2.11. The van der Waals surface area contributed by atoms with Crippen LogP contribution in [0.3, 0.4) is 0 Å². The second-order valence-electron chi connectivity index (χ2n) is 12.8. The molecule has 5 aromatic carbocycles. The van der Waals surface area contributed by atoms with Crippen LogP contribution in [0.25, 0.3) is 10.8 Å². The van der Waals surface area contributed by atoms with Crippen molar-refractivity contribution < 1.29 is 23.2 Å². The predicted molar refractivity (Wildman–Crippen MR) is 198 cm³/mol. The summed E-state index contributed by atoms with van der Waals surface area (Å²) in [6.07, 6.45) is 3.23. The van der Waals surface area contributed by atoms with E-state index < -0.39 is 18.4 Å². The number of hydrogen-bond donors (Lipinski definition) is 0. The molecule has 48 heavy (non-hydrogen) atoms. The summed E-state index contributed by atoms with van der Waals surface area (Å²) < 4.78 is 7.32. The van der Waals surface area contributed by atoms with Gasteiger partial charge in [-0.15, -0.1) is 5.41 Å². The van der Waals surface area contributed by atoms with Crippen molar-refractivity contribution >= 4 is 46.1 Å². The van der Waals surface area contributed by atoms with Gasteiger partial charge in [0, 0.05) is 11.2 Å². The Morgan fingerprint density at radius 3 is 2.15 bits per heavy atom. The summed E-state index contributed by atoms with van der Waals surface area (Å²) in [5.74, 6) is 1.13. The fraction of sp³-hybridized carbons (Fsp3) is 0.250. The van der Waals surface area contributed by atoms with Gasteiger partial charge >= 0.3 is 129 Å². The number of halogens is 2. The van der Waals surface area contributed by atoms with Crippen molar-refractivity contribution in [2.45, 2.75) is 64.8 Å². The zero-order chi connectivity index (χ0) is 34.5. The number of nitro groups is 1. The number of nitrogens with zero attached hydrogens (tertiary/aromatic N) is 2. The zero-order valence-electron chi connectivity index (χ0n) is 27.9. The van der Waals surface area contributed by atoms with Crippen molar-refractivity contribution in [3.8, 4) is 11.5 Å². The molecule has 1 saturated heterocycles. The summed E-state index contributed by atoms with van der Waals surface area (Å²) in [6, 6.07) is 35.8. The number of hydrogen-bond acceptors (Lipinski definition) is 4. The average Bonchev–Trinajstić information content (AvgIpc) is 3.33. The van der Waals surface area contributed by atoms with Crippen molar-refractivity contribution in [2.75, 3.05) is 4.90 Å². The van der Waals surface area contributed by atoms with Gasteiger partial charge in [-0.05, 0) is 55.0 Å². The van der Waals surface area contributed by atoms with Crippen LogP contribution in [-0.2, 0) is 31.8 Å². The van der Waals surface area contributed by atoms with Crippen LogP contribution in [-0.4, -0.2) is 15.1 Å². The quantitative estimate of drug-likeness (QED) is 0.0683. The molecular weight excluding hydrogens is 728 g/mol. The molecule has 8 heteroatoms. The molecule has 0 amide bonds. The molecule has 0 aliphatic carbocycles. The monoisotopic (exact) mass is 769 g/mol. The Hall–Kier alpha value is -3.57. The van der Waals surface area contributed by atoms with E-state index in [0.717, 1.165) is 19.3 Å². The van der Waals surface area contributed by atoms with E-state index in [1.807, 2.05) is 18.2 Å². The molecule has 1 fully saturated rings. The fourth-order valence-corrected chi connectivity index (χ4v) is 8.57. The normalized spacial score (nSPS) is 17.0. The SMILES string of the molecule is CCc1cccc(CC)c1N1[CH-][C@@](C)(c2cccc3ccccc23)CC1(C)C.O=[N+]([O-])c1ccc(Oc2ccccc2)c([CH]=[Ru]([Cl])[Cl])c1. The summed E-state index contributed by atoms with van der Waals surface area (Å²) in [5.41, 5.74) is 6.36. The molecule has 1 aliphatic rings. The van der Waals surface area contributed by atoms with Gasteiger partial charge in [0.15, 0.2) is 0 Å². The van der Waals surface area contributed by atoms with Crippen LogP contribution >= 0.6 is 19.4 Å². The van der Waals surface area contributed by atoms with E-state index in [9.17, 15) is 10.1 Å². The molecule has 252 valence electrons. The Balaban J connectivity index is 0.000000199. The Labute approximate surface area is 297 Å². The molecule has 6 rings (SSSR count). The third-order valence-corrected chi connectivity index (χ3v) is 10.7. The van der Waals surface area contributed by atoms with Crippen LogP contribution < -0.4 is 9.64 Å². The number of benzene rings is 5. The van der Waals surface area contributed by atoms with E-state index in [1.165, 1.54) is 45.3 Å². The molecule has 0 bridgehead atoms. The molecule has 0 aromatic heterocycles. The number of nitro benzene ring substituents is 1. The summed E-state index contributed by atoms with van der Waals surface area (Å²) in [4.78, 5) is 12.9. The van der Waals surface area contributed by atoms with Crippen molar-refractivity contribution in [3.63, 3.8) is 0 Å². The summed E-state index contributed by atoms with van der Waals surface area (Å²) in [5, 5.41) is 13.5. The van der Waals surface area contributed by atoms with Crippen LogP contribution in [0.4, 0.5) is 11.4 Å². The number of rotatable bonds is 8. The zero-order valence-corrected chi connectivity index (χ0v) is 31.1. The summed E-state index contributed by atoms with van der Waals surface area (Å²) in [7, 11) is 11.7. The van der Waals surface area contributed by atoms with E-state index in [0.29, 0.717) is 17.1 Å². The first-order chi connectivity index (χ1) is 23.0. The number of fused-ring (bicyclic) bond motifs is 1. The van der Waals surface area contributed by atoms with Crippen LogP contribution in [0, 0.1) is 16.7 Å². The van der Waals surface area contributed by atoms with Crippen molar-refractivity contribution in [1.29, 1.82) is 0 Å². The Kier molecular flexibility index (Phi) is 11.4. The third kappa shape index (κ3) is 8.00. The first-order valence-corrected chi connectivity index (χ1v) is 21.5. The van der Waals surface area contributed by atoms with Gasteiger partial charge in [0.1, 0.15) is 0 Å². The molecule has 0 spiro atoms. The van der Waals surface area contributed by atoms with Gasteiger partial charge < -0.3 is 4.90 Å². The Bertz CT molecular complexity index is 1920. The first-order valence-electron chi connectivity index (χ1n) is 16.0. The van der Waals surface area contributed by atoms with Gasteiger partial charge in [-0.25, -0.2) is 6.54 Å². The van der Waals surface area contributed by atoms with E-state index in [1.54, 1.807) is 22.8 Å². The maximum atomic E-state index is 10.8. The van der Waals surface area contributed by atoms with Gasteiger partial charge in [0.05, 0.1) is 0 Å². The molecule has 1 aliphatic heterocycles. The van der Waals surface area contributed by atoms with Gasteiger partial charge in [0.25, 0.3) is 0 Å². The van der Waals surface area contributed by atoms with Crippen LogP contribution in [0.15, 0.2) is 109 Å². The number of aryl methyl sites for hydroxylation is 2. The van der Waals surface area contributed by atoms with Gasteiger partial charge in [-0.3, -0.25) is 0 Å². The molecule has 1 heterocycles.